The normalized spacial score (nSPS) is 10.9. The predicted octanol–water partition coefficient (Wildman–Crippen LogP) is 2.91. The Labute approximate surface area is 110 Å². The molecular weight excluding hydrogens is 244 g/mol. The fourth-order valence-corrected chi connectivity index (χ4v) is 2.06. The molecule has 0 aliphatic carbocycles. The van der Waals surface area contributed by atoms with Crippen molar-refractivity contribution < 1.29 is 15.0 Å². The van der Waals surface area contributed by atoms with E-state index in [2.05, 4.69) is 10.2 Å². The lowest BCUT2D eigenvalue weighted by Gasteiger charge is -2.13. The monoisotopic (exact) mass is 260 g/mol. The van der Waals surface area contributed by atoms with Crippen LogP contribution in [0.25, 0.3) is 11.3 Å². The molecule has 1 aromatic carbocycles. The van der Waals surface area contributed by atoms with Crippen LogP contribution in [0, 0.1) is 6.92 Å². The molecule has 19 heavy (non-hydrogen) atoms. The Morgan fingerprint density at radius 1 is 1.37 bits per heavy atom. The van der Waals surface area contributed by atoms with Crippen LogP contribution in [0.2, 0.25) is 0 Å². The van der Waals surface area contributed by atoms with Crippen molar-refractivity contribution in [1.82, 2.24) is 10.2 Å². The summed E-state index contributed by atoms with van der Waals surface area (Å²) in [5, 5.41) is 25.6. The summed E-state index contributed by atoms with van der Waals surface area (Å²) < 4.78 is 0. The molecule has 0 atom stereocenters. The second-order valence-electron chi connectivity index (χ2n) is 4.82. The molecular formula is C14H16N2O3. The first kappa shape index (κ1) is 13.1. The van der Waals surface area contributed by atoms with Crippen molar-refractivity contribution in [1.29, 1.82) is 0 Å². The van der Waals surface area contributed by atoms with Crippen LogP contribution >= 0.6 is 0 Å². The van der Waals surface area contributed by atoms with E-state index in [1.807, 2.05) is 32.9 Å². The highest BCUT2D eigenvalue weighted by molar-refractivity contribution is 5.87. The topological polar surface area (TPSA) is 86.2 Å². The third-order valence-corrected chi connectivity index (χ3v) is 3.10. The van der Waals surface area contributed by atoms with Crippen molar-refractivity contribution in [3.8, 4) is 17.0 Å². The SMILES string of the molecule is Cc1ccc(C(C)C)c(O)c1-c1cc(C(=O)O)[nH]n1. The van der Waals surface area contributed by atoms with Crippen molar-refractivity contribution in [2.45, 2.75) is 26.7 Å². The van der Waals surface area contributed by atoms with E-state index in [0.29, 0.717) is 11.3 Å². The number of nitrogens with zero attached hydrogens (tertiary/aromatic N) is 1. The zero-order valence-electron chi connectivity index (χ0n) is 11.1. The molecule has 2 rings (SSSR count). The van der Waals surface area contributed by atoms with Gasteiger partial charge in [-0.15, -0.1) is 0 Å². The van der Waals surface area contributed by atoms with Crippen molar-refractivity contribution in [2.24, 2.45) is 0 Å². The molecule has 0 fully saturated rings. The van der Waals surface area contributed by atoms with Crippen molar-refractivity contribution in [3.05, 3.63) is 35.0 Å². The average Bonchev–Trinajstić information content (AvgIpc) is 2.78. The van der Waals surface area contributed by atoms with E-state index >= 15 is 0 Å². The Morgan fingerprint density at radius 2 is 2.05 bits per heavy atom. The van der Waals surface area contributed by atoms with Gasteiger partial charge >= 0.3 is 5.97 Å². The summed E-state index contributed by atoms with van der Waals surface area (Å²) in [5.41, 5.74) is 2.69. The first-order chi connectivity index (χ1) is 8.91. The van der Waals surface area contributed by atoms with Gasteiger partial charge in [0.25, 0.3) is 0 Å². The summed E-state index contributed by atoms with van der Waals surface area (Å²) in [6.45, 7) is 5.83. The number of carboxylic acids is 1. The van der Waals surface area contributed by atoms with Gasteiger partial charge in [0.05, 0.1) is 5.69 Å². The molecule has 5 nitrogen and oxygen atoms in total. The Balaban J connectivity index is 2.60. The number of rotatable bonds is 3. The molecule has 2 aromatic rings. The Bertz CT molecular complexity index is 630. The lowest BCUT2D eigenvalue weighted by Crippen LogP contribution is -1.95. The number of carboxylic acid groups (broad SMARTS) is 1. The number of phenolic OH excluding ortho intramolecular Hbond substituents is 1. The number of carbonyl (C=O) groups is 1. The van der Waals surface area contributed by atoms with Gasteiger partial charge < -0.3 is 10.2 Å². The largest absolute Gasteiger partial charge is 0.507 e. The Hall–Kier alpha value is -2.30. The summed E-state index contributed by atoms with van der Waals surface area (Å²) in [6, 6.07) is 5.21. The molecule has 1 aromatic heterocycles. The van der Waals surface area contributed by atoms with Gasteiger partial charge in [0.15, 0.2) is 0 Å². The Kier molecular flexibility index (Phi) is 3.29. The summed E-state index contributed by atoms with van der Waals surface area (Å²) >= 11 is 0. The maximum Gasteiger partial charge on any atom is 0.353 e. The molecule has 0 saturated carbocycles. The van der Waals surface area contributed by atoms with E-state index in [-0.39, 0.29) is 17.4 Å². The van der Waals surface area contributed by atoms with Gasteiger partial charge in [-0.1, -0.05) is 26.0 Å². The number of nitrogens with one attached hydrogen (secondary N) is 1. The van der Waals surface area contributed by atoms with Crippen LogP contribution in [0.5, 0.6) is 5.75 Å². The van der Waals surface area contributed by atoms with E-state index in [9.17, 15) is 9.90 Å². The molecule has 3 N–H and O–H groups in total. The summed E-state index contributed by atoms with van der Waals surface area (Å²) in [6.07, 6.45) is 0. The number of phenols is 1. The van der Waals surface area contributed by atoms with E-state index in [1.54, 1.807) is 0 Å². The van der Waals surface area contributed by atoms with E-state index in [0.717, 1.165) is 11.1 Å². The molecule has 1 heterocycles. The van der Waals surface area contributed by atoms with Gasteiger partial charge in [0.1, 0.15) is 11.4 Å². The van der Waals surface area contributed by atoms with Gasteiger partial charge in [-0.3, -0.25) is 5.10 Å². The molecule has 0 spiro atoms. The second kappa shape index (κ2) is 4.76. The third kappa shape index (κ3) is 2.31. The minimum Gasteiger partial charge on any atom is -0.507 e. The van der Waals surface area contributed by atoms with Crippen LogP contribution in [0.15, 0.2) is 18.2 Å². The minimum absolute atomic E-state index is 0.00347. The summed E-state index contributed by atoms with van der Waals surface area (Å²) in [7, 11) is 0. The van der Waals surface area contributed by atoms with Crippen molar-refractivity contribution in [2.75, 3.05) is 0 Å². The average molecular weight is 260 g/mol. The Morgan fingerprint density at radius 3 is 2.58 bits per heavy atom. The number of aromatic carboxylic acids is 1. The maximum absolute atomic E-state index is 10.9. The van der Waals surface area contributed by atoms with Crippen LogP contribution in [-0.2, 0) is 0 Å². The van der Waals surface area contributed by atoms with Gasteiger partial charge in [0.2, 0.25) is 0 Å². The number of aryl methyl sites for hydroxylation is 1. The van der Waals surface area contributed by atoms with Gasteiger partial charge in [-0.05, 0) is 30.0 Å². The highest BCUT2D eigenvalue weighted by atomic mass is 16.4. The number of aromatic hydroxyl groups is 1. The van der Waals surface area contributed by atoms with E-state index < -0.39 is 5.97 Å². The maximum atomic E-state index is 10.9. The van der Waals surface area contributed by atoms with Gasteiger partial charge in [0, 0.05) is 5.56 Å². The first-order valence-corrected chi connectivity index (χ1v) is 6.03. The number of aromatic nitrogens is 2. The molecule has 0 aliphatic heterocycles. The zero-order valence-corrected chi connectivity index (χ0v) is 11.1. The van der Waals surface area contributed by atoms with Crippen LogP contribution in [0.3, 0.4) is 0 Å². The lowest BCUT2D eigenvalue weighted by molar-refractivity contribution is 0.0690. The molecule has 0 bridgehead atoms. The van der Waals surface area contributed by atoms with Crippen LogP contribution in [-0.4, -0.2) is 26.4 Å². The number of benzene rings is 1. The van der Waals surface area contributed by atoms with Gasteiger partial charge in [-0.2, -0.15) is 5.10 Å². The smallest absolute Gasteiger partial charge is 0.353 e. The summed E-state index contributed by atoms with van der Waals surface area (Å²) in [5.74, 6) is -0.730. The molecule has 100 valence electrons. The number of H-pyrrole nitrogens is 1. The van der Waals surface area contributed by atoms with Crippen LogP contribution < -0.4 is 0 Å². The first-order valence-electron chi connectivity index (χ1n) is 6.03. The lowest BCUT2D eigenvalue weighted by atomic mass is 9.94. The fraction of sp³-hybridized carbons (Fsp3) is 0.286. The van der Waals surface area contributed by atoms with Crippen LogP contribution in [0.1, 0.15) is 41.4 Å². The van der Waals surface area contributed by atoms with E-state index in [4.69, 9.17) is 5.11 Å². The second-order valence-corrected chi connectivity index (χ2v) is 4.82. The number of aromatic amines is 1. The molecule has 0 unspecified atom stereocenters. The standard InChI is InChI=1S/C14H16N2O3/c1-7(2)9-5-4-8(3)12(13(9)17)10-6-11(14(18)19)16-15-10/h4-7,17H,1-3H3,(H,15,16)(H,18,19). The third-order valence-electron chi connectivity index (χ3n) is 3.10. The minimum atomic E-state index is -1.07. The molecule has 0 saturated heterocycles. The fourth-order valence-electron chi connectivity index (χ4n) is 2.06. The van der Waals surface area contributed by atoms with Crippen LogP contribution in [0.4, 0.5) is 0 Å². The zero-order chi connectivity index (χ0) is 14.2. The van der Waals surface area contributed by atoms with Crippen molar-refractivity contribution in [3.63, 3.8) is 0 Å². The molecule has 5 heteroatoms. The number of hydrogen-bond acceptors (Lipinski definition) is 3. The molecule has 0 aliphatic rings. The summed E-state index contributed by atoms with van der Waals surface area (Å²) in [4.78, 5) is 10.9. The predicted molar refractivity (Wildman–Crippen MR) is 71.5 cm³/mol. The molecule has 0 radical (unpaired) electrons. The van der Waals surface area contributed by atoms with Gasteiger partial charge in [-0.25, -0.2) is 4.79 Å². The number of hydrogen-bond donors (Lipinski definition) is 3. The highest BCUT2D eigenvalue weighted by Gasteiger charge is 2.18. The quantitative estimate of drug-likeness (QED) is 0.792. The van der Waals surface area contributed by atoms with Crippen molar-refractivity contribution >= 4 is 5.97 Å². The highest BCUT2D eigenvalue weighted by Crippen LogP contribution is 2.37. The van der Waals surface area contributed by atoms with E-state index in [1.165, 1.54) is 6.07 Å². The molecule has 0 amide bonds.